The van der Waals surface area contributed by atoms with Gasteiger partial charge in [0, 0.05) is 18.8 Å². The summed E-state index contributed by atoms with van der Waals surface area (Å²) in [4.78, 5) is 35.4. The van der Waals surface area contributed by atoms with Crippen LogP contribution in [0.3, 0.4) is 0 Å². The van der Waals surface area contributed by atoms with E-state index in [-0.39, 0.29) is 24.4 Å². The van der Waals surface area contributed by atoms with Gasteiger partial charge in [0.25, 0.3) is 0 Å². The molecule has 2 aromatic rings. The van der Waals surface area contributed by atoms with Gasteiger partial charge in [0.1, 0.15) is 23.2 Å². The van der Waals surface area contributed by atoms with Crippen molar-refractivity contribution in [1.29, 1.82) is 0 Å². The van der Waals surface area contributed by atoms with E-state index in [1.165, 1.54) is 6.33 Å². The lowest BCUT2D eigenvalue weighted by Crippen LogP contribution is -2.44. The van der Waals surface area contributed by atoms with Crippen LogP contribution in [0.15, 0.2) is 18.6 Å². The number of anilines is 1. The van der Waals surface area contributed by atoms with Gasteiger partial charge >= 0.3 is 12.2 Å². The third-order valence-electron chi connectivity index (χ3n) is 5.02. The van der Waals surface area contributed by atoms with E-state index in [9.17, 15) is 14.7 Å². The Morgan fingerprint density at radius 3 is 2.23 bits per heavy atom. The van der Waals surface area contributed by atoms with Crippen molar-refractivity contribution in [3.05, 3.63) is 18.6 Å². The first-order chi connectivity index (χ1) is 14.4. The highest BCUT2D eigenvalue weighted by Gasteiger charge is 2.35. The Kier molecular flexibility index (Phi) is 6.27. The van der Waals surface area contributed by atoms with Crippen LogP contribution in [0.25, 0.3) is 11.0 Å². The third-order valence-corrected chi connectivity index (χ3v) is 5.02. The molecule has 9 nitrogen and oxygen atoms in total. The van der Waals surface area contributed by atoms with Crippen LogP contribution in [0.5, 0.6) is 0 Å². The molecule has 2 amide bonds. The van der Waals surface area contributed by atoms with Crippen LogP contribution in [0.2, 0.25) is 0 Å². The maximum Gasteiger partial charge on any atom is 0.425 e. The predicted octanol–water partition coefficient (Wildman–Crippen LogP) is 4.44. The first-order valence-electron chi connectivity index (χ1n) is 10.6. The van der Waals surface area contributed by atoms with E-state index < -0.39 is 23.4 Å². The monoisotopic (exact) mass is 432 g/mol. The molecular weight excluding hydrogens is 400 g/mol. The van der Waals surface area contributed by atoms with E-state index in [0.29, 0.717) is 11.0 Å². The number of hydrogen-bond acceptors (Lipinski definition) is 7. The molecule has 0 spiro atoms. The molecule has 0 bridgehead atoms. The molecule has 9 heteroatoms. The lowest BCUT2D eigenvalue weighted by Gasteiger charge is -2.28. The molecule has 170 valence electrons. The molecule has 0 aliphatic heterocycles. The van der Waals surface area contributed by atoms with E-state index in [1.807, 2.05) is 10.8 Å². The average molecular weight is 433 g/mol. The van der Waals surface area contributed by atoms with Crippen molar-refractivity contribution < 1.29 is 24.2 Å². The summed E-state index contributed by atoms with van der Waals surface area (Å²) in [7, 11) is 0. The number of carbonyl (C=O) groups is 2. The molecule has 0 saturated heterocycles. The van der Waals surface area contributed by atoms with Crippen LogP contribution >= 0.6 is 0 Å². The Bertz CT molecular complexity index is 929. The quantitative estimate of drug-likeness (QED) is 0.764. The first-order valence-corrected chi connectivity index (χ1v) is 10.6. The van der Waals surface area contributed by atoms with E-state index in [0.717, 1.165) is 24.2 Å². The molecule has 31 heavy (non-hydrogen) atoms. The van der Waals surface area contributed by atoms with Crippen LogP contribution in [-0.2, 0) is 9.47 Å². The molecule has 2 atom stereocenters. The zero-order chi connectivity index (χ0) is 23.0. The molecule has 0 aromatic carbocycles. The Balaban J connectivity index is 2.03. The van der Waals surface area contributed by atoms with Gasteiger partial charge in [-0.2, -0.15) is 4.90 Å². The number of ether oxygens (including phenoxy) is 2. The Labute approximate surface area is 182 Å². The number of aliphatic hydroxyl groups is 1. The number of nitrogens with zero attached hydrogens (tertiary/aromatic N) is 4. The maximum atomic E-state index is 13.0. The summed E-state index contributed by atoms with van der Waals surface area (Å²) < 4.78 is 13.0. The second-order valence-electron chi connectivity index (χ2n) is 9.97. The van der Waals surface area contributed by atoms with Gasteiger partial charge in [-0.1, -0.05) is 0 Å². The van der Waals surface area contributed by atoms with Gasteiger partial charge in [-0.05, 0) is 72.8 Å². The minimum atomic E-state index is -0.865. The molecule has 1 aliphatic carbocycles. The Hall–Kier alpha value is -2.68. The van der Waals surface area contributed by atoms with Gasteiger partial charge in [0.2, 0.25) is 0 Å². The van der Waals surface area contributed by atoms with Crippen LogP contribution in [-0.4, -0.2) is 49.6 Å². The summed E-state index contributed by atoms with van der Waals surface area (Å²) in [5, 5.41) is 10.0. The number of hydrogen-bond donors (Lipinski definition) is 1. The molecule has 1 aliphatic rings. The topological polar surface area (TPSA) is 107 Å². The van der Waals surface area contributed by atoms with Crippen LogP contribution in [0, 0.1) is 5.92 Å². The van der Waals surface area contributed by atoms with E-state index in [4.69, 9.17) is 9.47 Å². The van der Waals surface area contributed by atoms with Crippen molar-refractivity contribution in [1.82, 2.24) is 14.5 Å². The lowest BCUT2D eigenvalue weighted by atomic mass is 10.1. The number of amides is 2. The number of carbonyl (C=O) groups excluding carboxylic acids is 2. The second-order valence-corrected chi connectivity index (χ2v) is 9.97. The van der Waals surface area contributed by atoms with Gasteiger partial charge < -0.3 is 19.1 Å². The van der Waals surface area contributed by atoms with Crippen molar-refractivity contribution >= 4 is 29.0 Å². The van der Waals surface area contributed by atoms with Crippen molar-refractivity contribution in [3.63, 3.8) is 0 Å². The molecule has 2 aromatic heterocycles. The highest BCUT2D eigenvalue weighted by atomic mass is 16.6. The molecule has 1 fully saturated rings. The summed E-state index contributed by atoms with van der Waals surface area (Å²) in [6, 6.07) is 1.98. The molecular formula is C22H32N4O5. The number of imide groups is 1. The number of fused-ring (bicyclic) bond motifs is 1. The van der Waals surface area contributed by atoms with E-state index in [2.05, 4.69) is 9.97 Å². The third kappa shape index (κ3) is 5.33. The van der Waals surface area contributed by atoms with Crippen LogP contribution in [0.4, 0.5) is 15.4 Å². The van der Waals surface area contributed by atoms with Gasteiger partial charge in [-0.25, -0.2) is 19.6 Å². The fraction of sp³-hybridized carbons (Fsp3) is 0.636. The summed E-state index contributed by atoms with van der Waals surface area (Å²) in [6.07, 6.45) is 4.20. The van der Waals surface area contributed by atoms with Crippen molar-refractivity contribution in [2.75, 3.05) is 11.5 Å². The molecule has 3 rings (SSSR count). The predicted molar refractivity (Wildman–Crippen MR) is 116 cm³/mol. The zero-order valence-electron chi connectivity index (χ0n) is 19.1. The molecule has 2 unspecified atom stereocenters. The Morgan fingerprint density at radius 2 is 1.71 bits per heavy atom. The smallest absolute Gasteiger partial charge is 0.425 e. The minimum absolute atomic E-state index is 0.115. The number of aromatic nitrogens is 3. The average Bonchev–Trinajstić information content (AvgIpc) is 3.25. The highest BCUT2D eigenvalue weighted by Crippen LogP contribution is 2.37. The van der Waals surface area contributed by atoms with Gasteiger partial charge in [0.15, 0.2) is 5.82 Å². The first kappa shape index (κ1) is 23.0. The fourth-order valence-corrected chi connectivity index (χ4v) is 3.76. The van der Waals surface area contributed by atoms with Crippen LogP contribution in [0.1, 0.15) is 66.8 Å². The van der Waals surface area contributed by atoms with E-state index >= 15 is 0 Å². The van der Waals surface area contributed by atoms with Crippen molar-refractivity contribution in [3.8, 4) is 0 Å². The summed E-state index contributed by atoms with van der Waals surface area (Å²) in [5.74, 6) is 0.382. The van der Waals surface area contributed by atoms with Crippen molar-refractivity contribution in [2.45, 2.75) is 78.0 Å². The fourth-order valence-electron chi connectivity index (χ4n) is 3.76. The van der Waals surface area contributed by atoms with Crippen molar-refractivity contribution in [2.24, 2.45) is 5.92 Å². The van der Waals surface area contributed by atoms with Gasteiger partial charge in [-0.3, -0.25) is 0 Å². The normalized spacial score (nSPS) is 19.5. The highest BCUT2D eigenvalue weighted by molar-refractivity contribution is 6.13. The van der Waals surface area contributed by atoms with Crippen LogP contribution < -0.4 is 4.90 Å². The lowest BCUT2D eigenvalue weighted by molar-refractivity contribution is 0.0429. The van der Waals surface area contributed by atoms with Gasteiger partial charge in [0.05, 0.1) is 5.39 Å². The Morgan fingerprint density at radius 1 is 1.10 bits per heavy atom. The summed E-state index contributed by atoms with van der Waals surface area (Å²) in [6.45, 7) is 10.5. The maximum absolute atomic E-state index is 13.0. The molecule has 1 saturated carbocycles. The van der Waals surface area contributed by atoms with Gasteiger partial charge in [-0.15, -0.1) is 0 Å². The zero-order valence-corrected chi connectivity index (χ0v) is 19.1. The SMILES string of the molecule is CC(C)(C)OC(=O)N(C(=O)OC(C)(C)C)c1ncnc2c1ccn2C1CCC(CO)C1. The largest absolute Gasteiger partial charge is 0.443 e. The summed E-state index contributed by atoms with van der Waals surface area (Å²) in [5.41, 5.74) is -0.998. The molecule has 0 radical (unpaired) electrons. The number of rotatable bonds is 3. The minimum Gasteiger partial charge on any atom is -0.443 e. The molecule has 1 N–H and O–H groups in total. The standard InChI is InChI=1S/C22H32N4O5/c1-21(2,3)30-19(28)26(20(29)31-22(4,5)6)18-16-9-10-25(17(16)23-13-24-18)15-8-7-14(11-15)12-27/h9-10,13-15,27H,7-8,11-12H2,1-6H3. The second kappa shape index (κ2) is 8.45. The number of aliphatic hydroxyl groups excluding tert-OH is 1. The molecule has 2 heterocycles. The summed E-state index contributed by atoms with van der Waals surface area (Å²) >= 11 is 0. The van der Waals surface area contributed by atoms with E-state index in [1.54, 1.807) is 47.6 Å².